The quantitative estimate of drug-likeness (QED) is 0.673. The Hall–Kier alpha value is -2.71. The van der Waals surface area contributed by atoms with Gasteiger partial charge in [0.25, 0.3) is 5.91 Å². The fraction of sp³-hybridized carbons (Fsp3) is 0.450. The standard InChI is InChI=1S/C20H28N6O2/c1-25-9-11-26(12-10-25)18-6-4-17(5-7-18)24-19(27)16-14-22-20(23-15-16)21-8-3-13-28-2/h4-7,14-15H,3,8-13H2,1-2H3,(H,24,27)(H,21,22,23). The summed E-state index contributed by atoms with van der Waals surface area (Å²) in [5.41, 5.74) is 2.36. The Kier molecular flexibility index (Phi) is 7.16. The number of likely N-dealkylation sites (N-methyl/N-ethyl adjacent to an activating group) is 1. The van der Waals surface area contributed by atoms with Crippen molar-refractivity contribution < 1.29 is 9.53 Å². The van der Waals surface area contributed by atoms with E-state index >= 15 is 0 Å². The van der Waals surface area contributed by atoms with E-state index < -0.39 is 0 Å². The highest BCUT2D eigenvalue weighted by atomic mass is 16.5. The van der Waals surface area contributed by atoms with E-state index in [0.29, 0.717) is 18.1 Å². The van der Waals surface area contributed by atoms with Gasteiger partial charge in [-0.05, 0) is 37.7 Å². The average Bonchev–Trinajstić information content (AvgIpc) is 2.73. The van der Waals surface area contributed by atoms with Gasteiger partial charge in [-0.3, -0.25) is 4.79 Å². The molecule has 0 spiro atoms. The zero-order valence-electron chi connectivity index (χ0n) is 16.5. The van der Waals surface area contributed by atoms with Crippen molar-refractivity contribution in [2.45, 2.75) is 6.42 Å². The number of hydrogen-bond donors (Lipinski definition) is 2. The maximum atomic E-state index is 12.4. The lowest BCUT2D eigenvalue weighted by atomic mass is 10.2. The van der Waals surface area contributed by atoms with E-state index in [9.17, 15) is 4.79 Å². The number of ether oxygens (including phenoxy) is 1. The number of nitrogens with one attached hydrogen (secondary N) is 2. The van der Waals surface area contributed by atoms with Crippen LogP contribution in [-0.4, -0.2) is 74.3 Å². The summed E-state index contributed by atoms with van der Waals surface area (Å²) in [6.45, 7) is 5.57. The number of benzene rings is 1. The molecule has 28 heavy (non-hydrogen) atoms. The molecule has 0 aliphatic carbocycles. The van der Waals surface area contributed by atoms with Gasteiger partial charge in [0, 0.05) is 70.2 Å². The molecule has 1 saturated heterocycles. The van der Waals surface area contributed by atoms with Crippen molar-refractivity contribution >= 4 is 23.2 Å². The van der Waals surface area contributed by atoms with Crippen molar-refractivity contribution in [3.05, 3.63) is 42.2 Å². The number of rotatable bonds is 8. The van der Waals surface area contributed by atoms with E-state index in [1.54, 1.807) is 7.11 Å². The summed E-state index contributed by atoms with van der Waals surface area (Å²) in [5, 5.41) is 5.99. The summed E-state index contributed by atoms with van der Waals surface area (Å²) >= 11 is 0. The maximum Gasteiger partial charge on any atom is 0.258 e. The minimum absolute atomic E-state index is 0.224. The van der Waals surface area contributed by atoms with E-state index in [1.165, 1.54) is 18.1 Å². The molecule has 1 aromatic heterocycles. The van der Waals surface area contributed by atoms with Crippen molar-refractivity contribution in [3.8, 4) is 0 Å². The van der Waals surface area contributed by atoms with Gasteiger partial charge in [-0.1, -0.05) is 0 Å². The Labute approximate surface area is 165 Å². The summed E-state index contributed by atoms with van der Waals surface area (Å²) in [5.74, 6) is 0.280. The third-order valence-corrected chi connectivity index (χ3v) is 4.72. The Morgan fingerprint density at radius 1 is 1.11 bits per heavy atom. The topological polar surface area (TPSA) is 82.6 Å². The zero-order chi connectivity index (χ0) is 19.8. The second kappa shape index (κ2) is 10.0. The molecule has 0 unspecified atom stereocenters. The Bertz CT molecular complexity index is 742. The summed E-state index contributed by atoms with van der Waals surface area (Å²) in [4.78, 5) is 25.5. The third kappa shape index (κ3) is 5.64. The third-order valence-electron chi connectivity index (χ3n) is 4.72. The molecule has 0 saturated carbocycles. The van der Waals surface area contributed by atoms with Gasteiger partial charge in [-0.25, -0.2) is 9.97 Å². The SMILES string of the molecule is COCCCNc1ncc(C(=O)Nc2ccc(N3CCN(C)CC3)cc2)cn1. The first-order chi connectivity index (χ1) is 13.7. The number of carbonyl (C=O) groups is 1. The Morgan fingerprint density at radius 2 is 1.79 bits per heavy atom. The van der Waals surface area contributed by atoms with Gasteiger partial charge in [0.05, 0.1) is 5.56 Å². The lowest BCUT2D eigenvalue weighted by molar-refractivity contribution is 0.102. The Morgan fingerprint density at radius 3 is 2.43 bits per heavy atom. The van der Waals surface area contributed by atoms with E-state index in [4.69, 9.17) is 4.74 Å². The van der Waals surface area contributed by atoms with Gasteiger partial charge >= 0.3 is 0 Å². The average molecular weight is 384 g/mol. The molecule has 0 atom stereocenters. The predicted molar refractivity (Wildman–Crippen MR) is 111 cm³/mol. The van der Waals surface area contributed by atoms with E-state index in [2.05, 4.69) is 37.4 Å². The number of amides is 1. The largest absolute Gasteiger partial charge is 0.385 e. The molecular weight excluding hydrogens is 356 g/mol. The zero-order valence-corrected chi connectivity index (χ0v) is 16.5. The smallest absolute Gasteiger partial charge is 0.258 e. The number of methoxy groups -OCH3 is 1. The predicted octanol–water partition coefficient (Wildman–Crippen LogP) is 1.93. The first-order valence-corrected chi connectivity index (χ1v) is 9.55. The lowest BCUT2D eigenvalue weighted by Gasteiger charge is -2.34. The van der Waals surface area contributed by atoms with Gasteiger partial charge in [0.15, 0.2) is 0 Å². The molecule has 3 rings (SSSR count). The number of nitrogens with zero attached hydrogens (tertiary/aromatic N) is 4. The van der Waals surface area contributed by atoms with Gasteiger partial charge < -0.3 is 25.2 Å². The van der Waals surface area contributed by atoms with Gasteiger partial charge in [0.1, 0.15) is 0 Å². The first kappa shape index (κ1) is 20.0. The highest BCUT2D eigenvalue weighted by molar-refractivity contribution is 6.03. The van der Waals surface area contributed by atoms with Crippen LogP contribution < -0.4 is 15.5 Å². The van der Waals surface area contributed by atoms with Crippen LogP contribution in [0.2, 0.25) is 0 Å². The van der Waals surface area contributed by atoms with Crippen LogP contribution in [0.25, 0.3) is 0 Å². The van der Waals surface area contributed by atoms with Gasteiger partial charge in [-0.15, -0.1) is 0 Å². The maximum absolute atomic E-state index is 12.4. The number of piperazine rings is 1. The van der Waals surface area contributed by atoms with Crippen LogP contribution in [0, 0.1) is 0 Å². The molecule has 0 radical (unpaired) electrons. The van der Waals surface area contributed by atoms with Crippen molar-refractivity contribution in [3.63, 3.8) is 0 Å². The minimum atomic E-state index is -0.224. The summed E-state index contributed by atoms with van der Waals surface area (Å²) in [7, 11) is 3.81. The lowest BCUT2D eigenvalue weighted by Crippen LogP contribution is -2.44. The molecule has 1 aliphatic rings. The van der Waals surface area contributed by atoms with Crippen LogP contribution in [0.1, 0.15) is 16.8 Å². The van der Waals surface area contributed by atoms with Crippen molar-refractivity contribution in [1.82, 2.24) is 14.9 Å². The van der Waals surface area contributed by atoms with Crippen LogP contribution in [-0.2, 0) is 4.74 Å². The van der Waals surface area contributed by atoms with E-state index in [-0.39, 0.29) is 5.91 Å². The second-order valence-corrected chi connectivity index (χ2v) is 6.86. The Balaban J connectivity index is 1.51. The normalized spacial score (nSPS) is 14.7. The molecule has 8 nitrogen and oxygen atoms in total. The van der Waals surface area contributed by atoms with Crippen LogP contribution in [0.4, 0.5) is 17.3 Å². The van der Waals surface area contributed by atoms with E-state index in [0.717, 1.165) is 44.8 Å². The molecule has 0 bridgehead atoms. The highest BCUT2D eigenvalue weighted by Gasteiger charge is 2.14. The fourth-order valence-corrected chi connectivity index (χ4v) is 2.98. The first-order valence-electron chi connectivity index (χ1n) is 9.55. The highest BCUT2D eigenvalue weighted by Crippen LogP contribution is 2.19. The van der Waals surface area contributed by atoms with Crippen LogP contribution in [0.15, 0.2) is 36.7 Å². The summed E-state index contributed by atoms with van der Waals surface area (Å²) in [6, 6.07) is 7.95. The minimum Gasteiger partial charge on any atom is -0.385 e. The second-order valence-electron chi connectivity index (χ2n) is 6.86. The number of aromatic nitrogens is 2. The van der Waals surface area contributed by atoms with Crippen LogP contribution in [0.5, 0.6) is 0 Å². The summed E-state index contributed by atoms with van der Waals surface area (Å²) < 4.78 is 4.99. The monoisotopic (exact) mass is 384 g/mol. The van der Waals surface area contributed by atoms with Crippen LogP contribution in [0.3, 0.4) is 0 Å². The molecule has 2 heterocycles. The summed E-state index contributed by atoms with van der Waals surface area (Å²) in [6.07, 6.45) is 3.92. The molecular formula is C20H28N6O2. The van der Waals surface area contributed by atoms with Crippen LogP contribution >= 0.6 is 0 Å². The molecule has 1 amide bonds. The van der Waals surface area contributed by atoms with Gasteiger partial charge in [-0.2, -0.15) is 0 Å². The molecule has 2 N–H and O–H groups in total. The van der Waals surface area contributed by atoms with Gasteiger partial charge in [0.2, 0.25) is 5.95 Å². The number of carbonyl (C=O) groups excluding carboxylic acids is 1. The molecule has 2 aromatic rings. The van der Waals surface area contributed by atoms with Crippen molar-refractivity contribution in [2.75, 3.05) is 69.0 Å². The molecule has 150 valence electrons. The van der Waals surface area contributed by atoms with Crippen molar-refractivity contribution in [1.29, 1.82) is 0 Å². The molecule has 1 aromatic carbocycles. The molecule has 8 heteroatoms. The van der Waals surface area contributed by atoms with Crippen molar-refractivity contribution in [2.24, 2.45) is 0 Å². The fourth-order valence-electron chi connectivity index (χ4n) is 2.98. The number of hydrogen-bond acceptors (Lipinski definition) is 7. The molecule has 1 fully saturated rings. The molecule has 1 aliphatic heterocycles. The number of anilines is 3. The van der Waals surface area contributed by atoms with E-state index in [1.807, 2.05) is 24.3 Å².